The van der Waals surface area contributed by atoms with Crippen LogP contribution in [0.3, 0.4) is 0 Å². The normalized spacial score (nSPS) is 17.0. The molecule has 2 aromatic rings. The molecule has 1 atom stereocenters. The molecule has 3 rings (SSSR count). The second-order valence-electron chi connectivity index (χ2n) is 6.24. The van der Waals surface area contributed by atoms with Crippen LogP contribution in [0.15, 0.2) is 41.8 Å². The van der Waals surface area contributed by atoms with E-state index in [1.165, 1.54) is 16.9 Å². The summed E-state index contributed by atoms with van der Waals surface area (Å²) < 4.78 is 0. The van der Waals surface area contributed by atoms with Crippen molar-refractivity contribution in [1.82, 2.24) is 9.80 Å². The van der Waals surface area contributed by atoms with Gasteiger partial charge in [-0.15, -0.1) is 11.3 Å². The average Bonchev–Trinajstić information content (AvgIpc) is 3.09. The minimum atomic E-state index is -0.201. The van der Waals surface area contributed by atoms with Gasteiger partial charge in [-0.05, 0) is 23.9 Å². The molecule has 1 saturated heterocycles. The third-order valence-corrected chi connectivity index (χ3v) is 5.44. The molecule has 1 amide bonds. The number of piperazine rings is 1. The van der Waals surface area contributed by atoms with E-state index < -0.39 is 0 Å². The maximum absolute atomic E-state index is 12.5. The number of nitrogens with one attached hydrogen (secondary N) is 1. The summed E-state index contributed by atoms with van der Waals surface area (Å²) >= 11 is 1.39. The topological polar surface area (TPSA) is 59.4 Å². The summed E-state index contributed by atoms with van der Waals surface area (Å²) in [5, 5.41) is 14.4. The molecule has 1 aromatic heterocycles. The number of thiophene rings is 1. The average molecular weight is 354 g/mol. The lowest BCUT2D eigenvalue weighted by Gasteiger charge is -2.37. The number of amides is 1. The van der Waals surface area contributed by atoms with Gasteiger partial charge in [0.1, 0.15) is 11.1 Å². The first-order valence-electron chi connectivity index (χ1n) is 8.46. The van der Waals surface area contributed by atoms with Crippen molar-refractivity contribution in [2.45, 2.75) is 19.5 Å². The van der Waals surface area contributed by atoms with E-state index >= 15 is 0 Å². The molecular weight excluding hydrogens is 332 g/mol. The lowest BCUT2D eigenvalue weighted by Crippen LogP contribution is -2.52. The van der Waals surface area contributed by atoms with Gasteiger partial charge >= 0.3 is 0 Å². The van der Waals surface area contributed by atoms with Gasteiger partial charge in [0.25, 0.3) is 0 Å². The summed E-state index contributed by atoms with van der Waals surface area (Å²) in [4.78, 5) is 17.1. The number of benzene rings is 1. The summed E-state index contributed by atoms with van der Waals surface area (Å²) in [7, 11) is 0. The molecule has 0 spiro atoms. The van der Waals surface area contributed by atoms with Crippen LogP contribution in [-0.2, 0) is 11.3 Å². The maximum Gasteiger partial charge on any atom is 0.242 e. The molecule has 0 bridgehead atoms. The van der Waals surface area contributed by atoms with Gasteiger partial charge in [0.2, 0.25) is 5.91 Å². The van der Waals surface area contributed by atoms with Crippen LogP contribution < -0.4 is 5.32 Å². The van der Waals surface area contributed by atoms with E-state index in [0.29, 0.717) is 10.6 Å². The van der Waals surface area contributed by atoms with Gasteiger partial charge in [-0.25, -0.2) is 0 Å². The van der Waals surface area contributed by atoms with Crippen molar-refractivity contribution in [2.24, 2.45) is 0 Å². The predicted octanol–water partition coefficient (Wildman–Crippen LogP) is 2.76. The van der Waals surface area contributed by atoms with Crippen molar-refractivity contribution >= 4 is 22.2 Å². The van der Waals surface area contributed by atoms with Crippen LogP contribution in [0.1, 0.15) is 18.1 Å². The molecule has 0 radical (unpaired) electrons. The Morgan fingerprint density at radius 1 is 1.24 bits per heavy atom. The largest absolute Gasteiger partial charge is 0.315 e. The van der Waals surface area contributed by atoms with E-state index in [2.05, 4.69) is 45.5 Å². The number of carbonyl (C=O) groups excluding carboxylic acids is 1. The van der Waals surface area contributed by atoms with E-state index in [-0.39, 0.29) is 11.9 Å². The smallest absolute Gasteiger partial charge is 0.242 e. The maximum atomic E-state index is 12.5. The molecule has 0 aliphatic carbocycles. The Morgan fingerprint density at radius 2 is 1.96 bits per heavy atom. The molecule has 1 aliphatic rings. The SMILES string of the molecule is C[C@@H](C(=O)Nc1sccc1C#N)N1CCN(Cc2ccccc2)CC1. The fourth-order valence-electron chi connectivity index (χ4n) is 3.03. The monoisotopic (exact) mass is 354 g/mol. The molecule has 1 aromatic carbocycles. The molecule has 6 heteroatoms. The van der Waals surface area contributed by atoms with Crippen LogP contribution in [0.5, 0.6) is 0 Å². The number of nitrogens with zero attached hydrogens (tertiary/aromatic N) is 3. The van der Waals surface area contributed by atoms with E-state index in [9.17, 15) is 4.79 Å². The van der Waals surface area contributed by atoms with Crippen molar-refractivity contribution in [3.8, 4) is 6.07 Å². The Labute approximate surface area is 152 Å². The highest BCUT2D eigenvalue weighted by molar-refractivity contribution is 7.14. The molecule has 0 saturated carbocycles. The zero-order chi connectivity index (χ0) is 17.6. The lowest BCUT2D eigenvalue weighted by atomic mass is 10.1. The van der Waals surface area contributed by atoms with Crippen LogP contribution in [0.2, 0.25) is 0 Å². The Morgan fingerprint density at radius 3 is 2.64 bits per heavy atom. The summed E-state index contributed by atoms with van der Waals surface area (Å²) in [6.07, 6.45) is 0. The summed E-state index contributed by atoms with van der Waals surface area (Å²) in [5.41, 5.74) is 1.85. The Bertz CT molecular complexity index is 744. The van der Waals surface area contributed by atoms with Gasteiger partial charge in [0.05, 0.1) is 11.6 Å². The van der Waals surface area contributed by atoms with Crippen LogP contribution in [-0.4, -0.2) is 47.9 Å². The second kappa shape index (κ2) is 8.26. The molecule has 0 unspecified atom stereocenters. The highest BCUT2D eigenvalue weighted by atomic mass is 32.1. The van der Waals surface area contributed by atoms with E-state index in [1.54, 1.807) is 6.07 Å². The van der Waals surface area contributed by atoms with Crippen molar-refractivity contribution in [3.05, 3.63) is 52.9 Å². The van der Waals surface area contributed by atoms with Gasteiger partial charge < -0.3 is 5.32 Å². The van der Waals surface area contributed by atoms with Crippen LogP contribution in [0, 0.1) is 11.3 Å². The van der Waals surface area contributed by atoms with Gasteiger partial charge in [0, 0.05) is 32.7 Å². The molecule has 1 N–H and O–H groups in total. The van der Waals surface area contributed by atoms with Crippen molar-refractivity contribution in [2.75, 3.05) is 31.5 Å². The van der Waals surface area contributed by atoms with Crippen LogP contribution in [0.25, 0.3) is 0 Å². The van der Waals surface area contributed by atoms with Gasteiger partial charge in [0.15, 0.2) is 0 Å². The summed E-state index contributed by atoms with van der Waals surface area (Å²) in [6.45, 7) is 6.54. The number of hydrogen-bond donors (Lipinski definition) is 1. The number of carbonyl (C=O) groups is 1. The molecule has 25 heavy (non-hydrogen) atoms. The van der Waals surface area contributed by atoms with Gasteiger partial charge in [-0.2, -0.15) is 5.26 Å². The third-order valence-electron chi connectivity index (χ3n) is 4.61. The van der Waals surface area contributed by atoms with E-state index in [0.717, 1.165) is 32.7 Å². The van der Waals surface area contributed by atoms with E-state index in [4.69, 9.17) is 5.26 Å². The fraction of sp³-hybridized carbons (Fsp3) is 0.368. The first-order valence-corrected chi connectivity index (χ1v) is 9.34. The quantitative estimate of drug-likeness (QED) is 0.897. The first kappa shape index (κ1) is 17.6. The zero-order valence-corrected chi connectivity index (χ0v) is 15.1. The number of rotatable bonds is 5. The number of nitriles is 1. The third kappa shape index (κ3) is 4.45. The highest BCUT2D eigenvalue weighted by Crippen LogP contribution is 2.22. The predicted molar refractivity (Wildman–Crippen MR) is 100 cm³/mol. The molecule has 130 valence electrons. The lowest BCUT2D eigenvalue weighted by molar-refractivity contribution is -0.121. The van der Waals surface area contributed by atoms with Crippen molar-refractivity contribution < 1.29 is 4.79 Å². The zero-order valence-electron chi connectivity index (χ0n) is 14.3. The number of anilines is 1. The van der Waals surface area contributed by atoms with Crippen LogP contribution in [0.4, 0.5) is 5.00 Å². The molecule has 1 fully saturated rings. The minimum Gasteiger partial charge on any atom is -0.315 e. The fourth-order valence-corrected chi connectivity index (χ4v) is 3.77. The van der Waals surface area contributed by atoms with Crippen molar-refractivity contribution in [1.29, 1.82) is 5.26 Å². The molecule has 5 nitrogen and oxygen atoms in total. The Kier molecular flexibility index (Phi) is 5.82. The Balaban J connectivity index is 1.50. The molecular formula is C19H22N4OS. The number of hydrogen-bond acceptors (Lipinski definition) is 5. The first-order chi connectivity index (χ1) is 12.2. The van der Waals surface area contributed by atoms with E-state index in [1.807, 2.05) is 18.4 Å². The summed E-state index contributed by atoms with van der Waals surface area (Å²) in [6, 6.07) is 14.1. The Hall–Kier alpha value is -2.20. The standard InChI is InChI=1S/C19H22N4OS/c1-15(18(24)21-19-17(13-20)7-12-25-19)23-10-8-22(9-11-23)14-16-5-3-2-4-6-16/h2-7,12,15H,8-11,14H2,1H3,(H,21,24)/t15-/m0/s1. The second-order valence-corrected chi connectivity index (χ2v) is 7.15. The van der Waals surface area contributed by atoms with Gasteiger partial charge in [-0.3, -0.25) is 14.6 Å². The van der Waals surface area contributed by atoms with Crippen molar-refractivity contribution in [3.63, 3.8) is 0 Å². The van der Waals surface area contributed by atoms with Gasteiger partial charge in [-0.1, -0.05) is 30.3 Å². The minimum absolute atomic E-state index is 0.0459. The molecule has 2 heterocycles. The molecule has 1 aliphatic heterocycles. The highest BCUT2D eigenvalue weighted by Gasteiger charge is 2.26. The summed E-state index contributed by atoms with van der Waals surface area (Å²) in [5.74, 6) is -0.0459. The van der Waals surface area contributed by atoms with Crippen LogP contribution >= 0.6 is 11.3 Å².